The molecule has 1 aromatic rings. The number of piperidine rings is 1. The van der Waals surface area contributed by atoms with Crippen molar-refractivity contribution in [2.24, 2.45) is 5.92 Å². The zero-order chi connectivity index (χ0) is 14.7. The second kappa shape index (κ2) is 5.72. The number of hydrogen-bond acceptors (Lipinski definition) is 4. The molecule has 2 heterocycles. The van der Waals surface area contributed by atoms with E-state index in [-0.39, 0.29) is 30.7 Å². The molecule has 0 radical (unpaired) electrons. The van der Waals surface area contributed by atoms with E-state index in [0.717, 1.165) is 0 Å². The van der Waals surface area contributed by atoms with Crippen LogP contribution in [0, 0.1) is 5.92 Å². The Bertz CT molecular complexity index is 539. The fourth-order valence-electron chi connectivity index (χ4n) is 2.05. The highest BCUT2D eigenvalue weighted by molar-refractivity contribution is 5.95. The first-order valence-electron chi connectivity index (χ1n) is 6.26. The topological polar surface area (TPSA) is 105 Å². The highest BCUT2D eigenvalue weighted by atomic mass is 16.4. The third kappa shape index (κ3) is 3.34. The lowest BCUT2D eigenvalue weighted by Gasteiger charge is -2.27. The summed E-state index contributed by atoms with van der Waals surface area (Å²) in [6.45, 7) is 0.299. The smallest absolute Gasteiger partial charge is 0.325 e. The summed E-state index contributed by atoms with van der Waals surface area (Å²) in [4.78, 5) is 35.7. The van der Waals surface area contributed by atoms with Crippen molar-refractivity contribution in [3.63, 3.8) is 0 Å². The van der Waals surface area contributed by atoms with Crippen molar-refractivity contribution in [1.82, 2.24) is 14.7 Å². The molecular formula is C12H16N4O4. The predicted molar refractivity (Wildman–Crippen MR) is 68.9 cm³/mol. The standard InChI is InChI=1S/C12H16N4O4/c1-15-4-2-8(6-10(15)17)12(20)13-9-3-5-16(14-9)7-11(18)19/h3,5,8H,2,4,6-7H2,1H3,(H,18,19)(H,13,14,20). The van der Waals surface area contributed by atoms with Gasteiger partial charge in [0.2, 0.25) is 11.8 Å². The molecule has 1 saturated heterocycles. The van der Waals surface area contributed by atoms with E-state index in [2.05, 4.69) is 10.4 Å². The Morgan fingerprint density at radius 2 is 2.30 bits per heavy atom. The number of carbonyl (C=O) groups is 3. The van der Waals surface area contributed by atoms with Crippen LogP contribution in [0.3, 0.4) is 0 Å². The second-order valence-corrected chi connectivity index (χ2v) is 4.79. The van der Waals surface area contributed by atoms with Crippen LogP contribution in [0.25, 0.3) is 0 Å². The van der Waals surface area contributed by atoms with Crippen LogP contribution in [-0.4, -0.2) is 51.2 Å². The number of likely N-dealkylation sites (tertiary alicyclic amines) is 1. The van der Waals surface area contributed by atoms with E-state index in [0.29, 0.717) is 18.8 Å². The van der Waals surface area contributed by atoms with E-state index in [1.807, 2.05) is 0 Å². The Morgan fingerprint density at radius 3 is 2.95 bits per heavy atom. The fourth-order valence-corrected chi connectivity index (χ4v) is 2.05. The van der Waals surface area contributed by atoms with E-state index in [1.165, 1.54) is 16.9 Å². The van der Waals surface area contributed by atoms with Crippen molar-refractivity contribution in [3.05, 3.63) is 12.3 Å². The van der Waals surface area contributed by atoms with E-state index in [9.17, 15) is 14.4 Å². The van der Waals surface area contributed by atoms with Crippen LogP contribution in [0.15, 0.2) is 12.3 Å². The van der Waals surface area contributed by atoms with Gasteiger partial charge in [-0.25, -0.2) is 0 Å². The third-order valence-electron chi connectivity index (χ3n) is 3.22. The zero-order valence-corrected chi connectivity index (χ0v) is 11.1. The van der Waals surface area contributed by atoms with Gasteiger partial charge in [0.05, 0.1) is 0 Å². The number of aliphatic carboxylic acids is 1. The molecule has 2 amide bonds. The van der Waals surface area contributed by atoms with Crippen LogP contribution in [0.1, 0.15) is 12.8 Å². The predicted octanol–water partition coefficient (Wildman–Crippen LogP) is -0.225. The summed E-state index contributed by atoms with van der Waals surface area (Å²) < 4.78 is 1.22. The number of aromatic nitrogens is 2. The molecule has 1 unspecified atom stereocenters. The first kappa shape index (κ1) is 14.0. The van der Waals surface area contributed by atoms with Gasteiger partial charge in [-0.2, -0.15) is 5.10 Å². The van der Waals surface area contributed by atoms with Crippen molar-refractivity contribution in [2.45, 2.75) is 19.4 Å². The monoisotopic (exact) mass is 280 g/mol. The van der Waals surface area contributed by atoms with E-state index < -0.39 is 5.97 Å². The molecule has 0 aromatic carbocycles. The highest BCUT2D eigenvalue weighted by Gasteiger charge is 2.28. The van der Waals surface area contributed by atoms with Gasteiger partial charge in [-0.05, 0) is 6.42 Å². The lowest BCUT2D eigenvalue weighted by atomic mass is 9.96. The summed E-state index contributed by atoms with van der Waals surface area (Å²) in [5.74, 6) is -1.38. The molecule has 0 aliphatic carbocycles. The number of carboxylic acid groups (broad SMARTS) is 1. The number of carbonyl (C=O) groups excluding carboxylic acids is 2. The van der Waals surface area contributed by atoms with E-state index in [4.69, 9.17) is 5.11 Å². The van der Waals surface area contributed by atoms with Crippen LogP contribution in [0.4, 0.5) is 5.82 Å². The Hall–Kier alpha value is -2.38. The van der Waals surface area contributed by atoms with Crippen molar-refractivity contribution in [1.29, 1.82) is 0 Å². The normalized spacial score (nSPS) is 18.9. The van der Waals surface area contributed by atoms with Crippen LogP contribution >= 0.6 is 0 Å². The van der Waals surface area contributed by atoms with Crippen LogP contribution < -0.4 is 5.32 Å². The zero-order valence-electron chi connectivity index (χ0n) is 11.1. The first-order valence-corrected chi connectivity index (χ1v) is 6.26. The molecule has 0 saturated carbocycles. The summed E-state index contributed by atoms with van der Waals surface area (Å²) >= 11 is 0. The molecule has 1 aliphatic heterocycles. The Balaban J connectivity index is 1.92. The van der Waals surface area contributed by atoms with Crippen LogP contribution in [-0.2, 0) is 20.9 Å². The van der Waals surface area contributed by atoms with Gasteiger partial charge < -0.3 is 15.3 Å². The molecule has 8 heteroatoms. The highest BCUT2D eigenvalue weighted by Crippen LogP contribution is 2.19. The molecule has 0 spiro atoms. The summed E-state index contributed by atoms with van der Waals surface area (Å²) in [5, 5.41) is 15.2. The molecule has 1 atom stereocenters. The number of hydrogen-bond donors (Lipinski definition) is 2. The minimum atomic E-state index is -1.01. The molecule has 108 valence electrons. The summed E-state index contributed by atoms with van der Waals surface area (Å²) in [6.07, 6.45) is 2.28. The average Bonchev–Trinajstić information content (AvgIpc) is 2.79. The maximum absolute atomic E-state index is 12.0. The summed E-state index contributed by atoms with van der Waals surface area (Å²) in [7, 11) is 1.71. The van der Waals surface area contributed by atoms with Gasteiger partial charge >= 0.3 is 5.97 Å². The van der Waals surface area contributed by atoms with Gasteiger partial charge in [0.1, 0.15) is 6.54 Å². The molecule has 20 heavy (non-hydrogen) atoms. The number of amides is 2. The molecule has 8 nitrogen and oxygen atoms in total. The maximum atomic E-state index is 12.0. The number of nitrogens with zero attached hydrogens (tertiary/aromatic N) is 3. The van der Waals surface area contributed by atoms with Crippen molar-refractivity contribution >= 4 is 23.6 Å². The second-order valence-electron chi connectivity index (χ2n) is 4.79. The fraction of sp³-hybridized carbons (Fsp3) is 0.500. The van der Waals surface area contributed by atoms with Crippen LogP contribution in [0.5, 0.6) is 0 Å². The quantitative estimate of drug-likeness (QED) is 0.793. The number of nitrogens with one attached hydrogen (secondary N) is 1. The van der Waals surface area contributed by atoms with E-state index >= 15 is 0 Å². The molecular weight excluding hydrogens is 264 g/mol. The lowest BCUT2D eigenvalue weighted by molar-refractivity contribution is -0.138. The van der Waals surface area contributed by atoms with Gasteiger partial charge in [0, 0.05) is 38.2 Å². The molecule has 1 fully saturated rings. The van der Waals surface area contributed by atoms with Gasteiger partial charge in [0.25, 0.3) is 0 Å². The minimum absolute atomic E-state index is 0.0483. The average molecular weight is 280 g/mol. The van der Waals surface area contributed by atoms with Gasteiger partial charge in [-0.3, -0.25) is 19.1 Å². The van der Waals surface area contributed by atoms with Crippen LogP contribution in [0.2, 0.25) is 0 Å². The van der Waals surface area contributed by atoms with Crippen molar-refractivity contribution in [2.75, 3.05) is 18.9 Å². The van der Waals surface area contributed by atoms with Gasteiger partial charge in [-0.15, -0.1) is 0 Å². The molecule has 1 aliphatic rings. The summed E-state index contributed by atoms with van der Waals surface area (Å²) in [5.41, 5.74) is 0. The molecule has 1 aromatic heterocycles. The number of anilines is 1. The third-order valence-corrected chi connectivity index (χ3v) is 3.22. The Kier molecular flexibility index (Phi) is 4.02. The maximum Gasteiger partial charge on any atom is 0.325 e. The Morgan fingerprint density at radius 1 is 1.55 bits per heavy atom. The van der Waals surface area contributed by atoms with Gasteiger partial charge in [-0.1, -0.05) is 0 Å². The lowest BCUT2D eigenvalue weighted by Crippen LogP contribution is -2.39. The SMILES string of the molecule is CN1CCC(C(=O)Nc2ccn(CC(=O)O)n2)CC1=O. The van der Waals surface area contributed by atoms with Crippen molar-refractivity contribution < 1.29 is 19.5 Å². The largest absolute Gasteiger partial charge is 0.480 e. The van der Waals surface area contributed by atoms with Crippen molar-refractivity contribution in [3.8, 4) is 0 Å². The number of carboxylic acids is 1. The van der Waals surface area contributed by atoms with E-state index in [1.54, 1.807) is 11.9 Å². The Labute approximate surface area is 115 Å². The summed E-state index contributed by atoms with van der Waals surface area (Å²) in [6, 6.07) is 1.53. The minimum Gasteiger partial charge on any atom is -0.480 e. The molecule has 2 N–H and O–H groups in total. The molecule has 0 bridgehead atoms. The number of rotatable bonds is 4. The van der Waals surface area contributed by atoms with Gasteiger partial charge in [0.15, 0.2) is 5.82 Å². The molecule has 2 rings (SSSR count). The first-order chi connectivity index (χ1) is 9.45.